The molecule has 0 unspecified atom stereocenters. The zero-order valence-electron chi connectivity index (χ0n) is 9.23. The lowest BCUT2D eigenvalue weighted by molar-refractivity contribution is 0.282. The van der Waals surface area contributed by atoms with E-state index in [0.29, 0.717) is 6.54 Å². The lowest BCUT2D eigenvalue weighted by Crippen LogP contribution is -2.00. The minimum absolute atomic E-state index is 0.0635. The number of nitrogens with zero attached hydrogens (tertiary/aromatic N) is 1. The van der Waals surface area contributed by atoms with E-state index >= 15 is 0 Å². The highest BCUT2D eigenvalue weighted by Crippen LogP contribution is 2.14. The van der Waals surface area contributed by atoms with Crippen LogP contribution in [0.1, 0.15) is 11.1 Å². The average Bonchev–Trinajstić information content (AvgIpc) is 2.37. The molecule has 0 saturated heterocycles. The maximum Gasteiger partial charge on any atom is 0.0682 e. The van der Waals surface area contributed by atoms with Gasteiger partial charge in [-0.05, 0) is 45.3 Å². The highest BCUT2D eigenvalue weighted by Gasteiger charge is 1.97. The number of aliphatic hydroxyl groups excluding tert-OH is 1. The van der Waals surface area contributed by atoms with Gasteiger partial charge in [-0.2, -0.15) is 0 Å². The smallest absolute Gasteiger partial charge is 0.0682 e. The first kappa shape index (κ1) is 12.1. The number of benzene rings is 1. The van der Waals surface area contributed by atoms with Gasteiger partial charge >= 0.3 is 0 Å². The third-order valence-corrected chi connectivity index (χ3v) is 2.80. The van der Waals surface area contributed by atoms with Gasteiger partial charge in [0.15, 0.2) is 0 Å². The molecule has 0 saturated carbocycles. The fourth-order valence-corrected chi connectivity index (χ4v) is 1.95. The molecule has 1 aromatic heterocycles. The Hall–Kier alpha value is -1.39. The molecule has 0 fully saturated rings. The van der Waals surface area contributed by atoms with Crippen LogP contribution in [-0.2, 0) is 13.2 Å². The van der Waals surface area contributed by atoms with Crippen LogP contribution in [0.25, 0.3) is 0 Å². The van der Waals surface area contributed by atoms with Crippen LogP contribution in [0.4, 0.5) is 5.69 Å². The van der Waals surface area contributed by atoms with Gasteiger partial charge in [-0.3, -0.25) is 4.98 Å². The van der Waals surface area contributed by atoms with Gasteiger partial charge in [-0.15, -0.1) is 0 Å². The molecule has 0 atom stereocenters. The van der Waals surface area contributed by atoms with Crippen molar-refractivity contribution in [1.29, 1.82) is 0 Å². The van der Waals surface area contributed by atoms with Crippen LogP contribution in [0.15, 0.2) is 47.2 Å². The van der Waals surface area contributed by atoms with E-state index in [9.17, 15) is 0 Å². The molecular weight excluding hydrogens is 280 g/mol. The highest BCUT2D eigenvalue weighted by molar-refractivity contribution is 9.10. The quantitative estimate of drug-likeness (QED) is 0.911. The monoisotopic (exact) mass is 292 g/mol. The van der Waals surface area contributed by atoms with Gasteiger partial charge < -0.3 is 10.4 Å². The van der Waals surface area contributed by atoms with Gasteiger partial charge in [-0.1, -0.05) is 12.1 Å². The lowest BCUT2D eigenvalue weighted by Gasteiger charge is -2.07. The number of aliphatic hydroxyl groups is 1. The summed E-state index contributed by atoms with van der Waals surface area (Å²) in [4.78, 5) is 4.10. The van der Waals surface area contributed by atoms with Crippen LogP contribution in [0.3, 0.4) is 0 Å². The Morgan fingerprint density at radius 1 is 1.18 bits per heavy atom. The van der Waals surface area contributed by atoms with E-state index in [1.54, 1.807) is 6.20 Å². The van der Waals surface area contributed by atoms with E-state index in [2.05, 4.69) is 26.2 Å². The first-order chi connectivity index (χ1) is 8.28. The van der Waals surface area contributed by atoms with Crippen LogP contribution in [-0.4, -0.2) is 10.1 Å². The van der Waals surface area contributed by atoms with E-state index in [0.717, 1.165) is 21.3 Å². The van der Waals surface area contributed by atoms with Crippen molar-refractivity contribution in [2.45, 2.75) is 13.2 Å². The van der Waals surface area contributed by atoms with Crippen LogP contribution < -0.4 is 5.32 Å². The molecule has 4 heteroatoms. The second-order valence-electron chi connectivity index (χ2n) is 3.72. The first-order valence-electron chi connectivity index (χ1n) is 5.31. The average molecular weight is 293 g/mol. The Morgan fingerprint density at radius 2 is 2.06 bits per heavy atom. The number of hydrogen-bond donors (Lipinski definition) is 2. The molecule has 2 N–H and O–H groups in total. The predicted octanol–water partition coefficient (Wildman–Crippen LogP) is 2.95. The molecule has 17 heavy (non-hydrogen) atoms. The molecule has 0 radical (unpaired) electrons. The minimum Gasteiger partial charge on any atom is -0.392 e. The fraction of sp³-hybridized carbons (Fsp3) is 0.154. The van der Waals surface area contributed by atoms with Crippen molar-refractivity contribution in [3.05, 3.63) is 58.3 Å². The number of nitrogens with one attached hydrogen (secondary N) is 1. The molecule has 88 valence electrons. The zero-order valence-corrected chi connectivity index (χ0v) is 10.8. The number of aromatic nitrogens is 1. The Morgan fingerprint density at radius 3 is 2.82 bits per heavy atom. The maximum atomic E-state index is 9.04. The number of rotatable bonds is 4. The van der Waals surface area contributed by atoms with E-state index in [4.69, 9.17) is 5.11 Å². The summed E-state index contributed by atoms with van der Waals surface area (Å²) in [5.41, 5.74) is 3.01. The number of halogens is 1. The van der Waals surface area contributed by atoms with E-state index in [-0.39, 0.29) is 6.61 Å². The van der Waals surface area contributed by atoms with Crippen LogP contribution in [0.5, 0.6) is 0 Å². The zero-order chi connectivity index (χ0) is 12.1. The van der Waals surface area contributed by atoms with Crippen LogP contribution in [0.2, 0.25) is 0 Å². The van der Waals surface area contributed by atoms with Gasteiger partial charge in [0.2, 0.25) is 0 Å². The largest absolute Gasteiger partial charge is 0.392 e. The van der Waals surface area contributed by atoms with Gasteiger partial charge in [0.05, 0.1) is 6.61 Å². The maximum absolute atomic E-state index is 9.04. The lowest BCUT2D eigenvalue weighted by atomic mass is 10.2. The van der Waals surface area contributed by atoms with Gasteiger partial charge in [-0.25, -0.2) is 0 Å². The molecule has 1 heterocycles. The second-order valence-corrected chi connectivity index (χ2v) is 4.64. The third-order valence-electron chi connectivity index (χ3n) is 2.37. The van der Waals surface area contributed by atoms with Crippen molar-refractivity contribution in [3.8, 4) is 0 Å². The Kier molecular flexibility index (Phi) is 4.12. The molecule has 0 aliphatic carbocycles. The Bertz CT molecular complexity index is 502. The van der Waals surface area contributed by atoms with Crippen molar-refractivity contribution in [2.24, 2.45) is 0 Å². The van der Waals surface area contributed by atoms with E-state index in [1.807, 2.05) is 36.5 Å². The summed E-state index contributed by atoms with van der Waals surface area (Å²) in [6.45, 7) is 0.773. The molecule has 1 aromatic carbocycles. The molecule has 2 rings (SSSR count). The Balaban J connectivity index is 2.02. The first-order valence-corrected chi connectivity index (χ1v) is 6.10. The molecule has 0 amide bonds. The fourth-order valence-electron chi connectivity index (χ4n) is 1.54. The molecule has 0 aliphatic heterocycles. The summed E-state index contributed by atoms with van der Waals surface area (Å²) in [6, 6.07) is 9.75. The summed E-state index contributed by atoms with van der Waals surface area (Å²) in [7, 11) is 0. The van der Waals surface area contributed by atoms with Crippen LogP contribution in [0, 0.1) is 0 Å². The summed E-state index contributed by atoms with van der Waals surface area (Å²) in [5, 5.41) is 12.3. The molecule has 0 bridgehead atoms. The summed E-state index contributed by atoms with van der Waals surface area (Å²) in [5.74, 6) is 0. The normalized spacial score (nSPS) is 10.2. The standard InChI is InChI=1S/C13H13BrN2O/c14-12-4-11(6-15-8-12)7-16-13-3-1-2-10(5-13)9-17/h1-6,8,16-17H,7,9H2. The number of pyridine rings is 1. The molecule has 3 nitrogen and oxygen atoms in total. The van der Waals surface area contributed by atoms with E-state index < -0.39 is 0 Å². The van der Waals surface area contributed by atoms with Crippen molar-refractivity contribution >= 4 is 21.6 Å². The number of hydrogen-bond acceptors (Lipinski definition) is 3. The van der Waals surface area contributed by atoms with Crippen molar-refractivity contribution in [2.75, 3.05) is 5.32 Å². The van der Waals surface area contributed by atoms with Crippen LogP contribution >= 0.6 is 15.9 Å². The number of anilines is 1. The topological polar surface area (TPSA) is 45.1 Å². The predicted molar refractivity (Wildman–Crippen MR) is 71.6 cm³/mol. The van der Waals surface area contributed by atoms with E-state index in [1.165, 1.54) is 0 Å². The second kappa shape index (κ2) is 5.80. The highest BCUT2D eigenvalue weighted by atomic mass is 79.9. The molecule has 2 aromatic rings. The van der Waals surface area contributed by atoms with Gasteiger partial charge in [0, 0.05) is 29.1 Å². The van der Waals surface area contributed by atoms with Crippen molar-refractivity contribution in [1.82, 2.24) is 4.98 Å². The summed E-state index contributed by atoms with van der Waals surface area (Å²) in [6.07, 6.45) is 3.59. The summed E-state index contributed by atoms with van der Waals surface area (Å²) < 4.78 is 0.973. The van der Waals surface area contributed by atoms with Gasteiger partial charge in [0.1, 0.15) is 0 Å². The van der Waals surface area contributed by atoms with Crippen molar-refractivity contribution < 1.29 is 5.11 Å². The van der Waals surface area contributed by atoms with Crippen molar-refractivity contribution in [3.63, 3.8) is 0 Å². The molecule has 0 aliphatic rings. The molecular formula is C13H13BrN2O. The molecule has 0 spiro atoms. The minimum atomic E-state index is 0.0635. The SMILES string of the molecule is OCc1cccc(NCc2cncc(Br)c2)c1. The summed E-state index contributed by atoms with van der Waals surface area (Å²) >= 11 is 3.39. The Labute approximate surface area is 109 Å². The van der Waals surface area contributed by atoms with Gasteiger partial charge in [0.25, 0.3) is 0 Å². The third kappa shape index (κ3) is 3.54.